The first-order chi connectivity index (χ1) is 11.9. The molecule has 1 heterocycles. The molecular formula is C17H20N4O3S. The predicted molar refractivity (Wildman–Crippen MR) is 97.0 cm³/mol. The fourth-order valence-corrected chi connectivity index (χ4v) is 3.02. The maximum atomic E-state index is 12.0. The second-order valence-corrected chi connectivity index (χ2v) is 6.62. The highest BCUT2D eigenvalue weighted by atomic mass is 32.1. The molecule has 1 aromatic heterocycles. The van der Waals surface area contributed by atoms with Gasteiger partial charge in [0.25, 0.3) is 11.8 Å². The summed E-state index contributed by atoms with van der Waals surface area (Å²) in [5.74, 6) is -0.593. The number of rotatable bonds is 6. The Hall–Kier alpha value is -2.74. The van der Waals surface area contributed by atoms with Gasteiger partial charge in [-0.2, -0.15) is 0 Å². The van der Waals surface area contributed by atoms with Crippen molar-refractivity contribution in [3.05, 3.63) is 45.4 Å². The summed E-state index contributed by atoms with van der Waals surface area (Å²) in [4.78, 5) is 39.8. The maximum absolute atomic E-state index is 12.0. The van der Waals surface area contributed by atoms with E-state index in [9.17, 15) is 14.4 Å². The zero-order chi connectivity index (χ0) is 18.4. The molecule has 0 bridgehead atoms. The van der Waals surface area contributed by atoms with Crippen LogP contribution in [0.3, 0.4) is 0 Å². The normalized spacial score (nSPS) is 10.2. The second-order valence-electron chi connectivity index (χ2n) is 5.42. The minimum absolute atomic E-state index is 0.167. The van der Waals surface area contributed by atoms with Crippen LogP contribution in [0.4, 0.5) is 5.69 Å². The van der Waals surface area contributed by atoms with Crippen molar-refractivity contribution >= 4 is 34.7 Å². The Balaban J connectivity index is 1.77. The number of hydrogen-bond acceptors (Lipinski definition) is 5. The number of aryl methyl sites for hydroxylation is 2. The lowest BCUT2D eigenvalue weighted by atomic mass is 10.2. The fraction of sp³-hybridized carbons (Fsp3) is 0.294. The van der Waals surface area contributed by atoms with Crippen molar-refractivity contribution < 1.29 is 14.4 Å². The number of aromatic nitrogens is 1. The summed E-state index contributed by atoms with van der Waals surface area (Å²) in [6.07, 6.45) is 0. The molecule has 0 aliphatic carbocycles. The summed E-state index contributed by atoms with van der Waals surface area (Å²) in [5.41, 5.74) is 1.82. The lowest BCUT2D eigenvalue weighted by Crippen LogP contribution is -2.34. The molecule has 0 spiro atoms. The van der Waals surface area contributed by atoms with Gasteiger partial charge in [-0.15, -0.1) is 11.3 Å². The van der Waals surface area contributed by atoms with E-state index in [4.69, 9.17) is 0 Å². The summed E-state index contributed by atoms with van der Waals surface area (Å²) in [5, 5.41) is 8.97. The molecular weight excluding hydrogens is 340 g/mol. The van der Waals surface area contributed by atoms with Crippen molar-refractivity contribution in [1.82, 2.24) is 15.6 Å². The number of thiazole rings is 1. The van der Waals surface area contributed by atoms with Crippen molar-refractivity contribution in [3.63, 3.8) is 0 Å². The first kappa shape index (κ1) is 18.6. The van der Waals surface area contributed by atoms with Crippen molar-refractivity contribution in [2.45, 2.75) is 20.8 Å². The van der Waals surface area contributed by atoms with Crippen molar-refractivity contribution in [3.8, 4) is 0 Å². The van der Waals surface area contributed by atoms with Gasteiger partial charge in [0.1, 0.15) is 4.88 Å². The molecule has 0 aliphatic heterocycles. The van der Waals surface area contributed by atoms with E-state index >= 15 is 0 Å². The highest BCUT2D eigenvalue weighted by molar-refractivity contribution is 7.13. The van der Waals surface area contributed by atoms with Gasteiger partial charge in [-0.3, -0.25) is 14.4 Å². The highest BCUT2D eigenvalue weighted by Gasteiger charge is 2.13. The van der Waals surface area contributed by atoms with Crippen LogP contribution in [0.2, 0.25) is 0 Å². The Labute approximate surface area is 149 Å². The summed E-state index contributed by atoms with van der Waals surface area (Å²) in [6.45, 7) is 5.71. The molecule has 0 radical (unpaired) electrons. The zero-order valence-electron chi connectivity index (χ0n) is 14.3. The number of anilines is 1. The van der Waals surface area contributed by atoms with Crippen LogP contribution in [0.25, 0.3) is 0 Å². The number of nitrogens with zero attached hydrogens (tertiary/aromatic N) is 1. The van der Waals surface area contributed by atoms with Gasteiger partial charge in [0, 0.05) is 31.3 Å². The molecule has 132 valence electrons. The van der Waals surface area contributed by atoms with Gasteiger partial charge in [-0.25, -0.2) is 4.98 Å². The van der Waals surface area contributed by atoms with Gasteiger partial charge in [0.15, 0.2) is 0 Å². The third-order valence-electron chi connectivity index (χ3n) is 3.27. The molecule has 3 N–H and O–H groups in total. The molecule has 0 saturated carbocycles. The third kappa shape index (κ3) is 5.39. The quantitative estimate of drug-likeness (QED) is 0.685. The van der Waals surface area contributed by atoms with E-state index in [1.54, 1.807) is 31.2 Å². The Kier molecular flexibility index (Phi) is 6.24. The molecule has 7 nitrogen and oxygen atoms in total. The van der Waals surface area contributed by atoms with Gasteiger partial charge in [0.05, 0.1) is 10.7 Å². The van der Waals surface area contributed by atoms with Crippen molar-refractivity contribution in [2.24, 2.45) is 0 Å². The van der Waals surface area contributed by atoms with Crippen LogP contribution in [0.5, 0.6) is 0 Å². The van der Waals surface area contributed by atoms with Gasteiger partial charge in [-0.1, -0.05) is 0 Å². The average Bonchev–Trinajstić information content (AvgIpc) is 2.90. The van der Waals surface area contributed by atoms with Crippen LogP contribution >= 0.6 is 11.3 Å². The Morgan fingerprint density at radius 1 is 1.00 bits per heavy atom. The number of hydrogen-bond donors (Lipinski definition) is 3. The van der Waals surface area contributed by atoms with Crippen LogP contribution in [0.15, 0.2) is 24.3 Å². The molecule has 0 unspecified atom stereocenters. The Morgan fingerprint density at radius 2 is 1.60 bits per heavy atom. The molecule has 0 fully saturated rings. The maximum Gasteiger partial charge on any atom is 0.263 e. The molecule has 2 rings (SSSR count). The molecule has 1 aromatic carbocycles. The van der Waals surface area contributed by atoms with Crippen LogP contribution in [-0.2, 0) is 4.79 Å². The van der Waals surface area contributed by atoms with E-state index in [0.29, 0.717) is 34.9 Å². The summed E-state index contributed by atoms with van der Waals surface area (Å²) in [6, 6.07) is 6.57. The van der Waals surface area contributed by atoms with Crippen molar-refractivity contribution in [1.29, 1.82) is 0 Å². The first-order valence-electron chi connectivity index (χ1n) is 7.75. The van der Waals surface area contributed by atoms with E-state index in [2.05, 4.69) is 20.9 Å². The van der Waals surface area contributed by atoms with Gasteiger partial charge >= 0.3 is 0 Å². The molecule has 3 amide bonds. The van der Waals surface area contributed by atoms with Crippen LogP contribution < -0.4 is 16.0 Å². The molecule has 2 aromatic rings. The van der Waals surface area contributed by atoms with Gasteiger partial charge in [-0.05, 0) is 38.1 Å². The standard InChI is InChI=1S/C17H20N4O3S/c1-10-15(25-12(3)20-10)17(24)19-9-8-18-16(23)13-4-6-14(7-5-13)21-11(2)22/h4-7H,8-9H2,1-3H3,(H,18,23)(H,19,24)(H,21,22). The minimum Gasteiger partial charge on any atom is -0.350 e. The van der Waals surface area contributed by atoms with E-state index in [0.717, 1.165) is 5.01 Å². The van der Waals surface area contributed by atoms with E-state index in [-0.39, 0.29) is 17.7 Å². The smallest absolute Gasteiger partial charge is 0.263 e. The van der Waals surface area contributed by atoms with E-state index in [1.807, 2.05) is 6.92 Å². The van der Waals surface area contributed by atoms with Gasteiger partial charge < -0.3 is 16.0 Å². The third-order valence-corrected chi connectivity index (χ3v) is 4.34. The average molecular weight is 360 g/mol. The lowest BCUT2D eigenvalue weighted by molar-refractivity contribution is -0.114. The summed E-state index contributed by atoms with van der Waals surface area (Å²) < 4.78 is 0. The van der Waals surface area contributed by atoms with Gasteiger partial charge in [0.2, 0.25) is 5.91 Å². The number of carbonyl (C=O) groups is 3. The molecule has 25 heavy (non-hydrogen) atoms. The molecule has 0 aliphatic rings. The Morgan fingerprint density at radius 3 is 2.12 bits per heavy atom. The number of amides is 3. The highest BCUT2D eigenvalue weighted by Crippen LogP contribution is 2.16. The molecule has 0 atom stereocenters. The predicted octanol–water partition coefficient (Wildman–Crippen LogP) is 1.88. The van der Waals surface area contributed by atoms with Crippen molar-refractivity contribution in [2.75, 3.05) is 18.4 Å². The largest absolute Gasteiger partial charge is 0.350 e. The monoisotopic (exact) mass is 360 g/mol. The molecule has 8 heteroatoms. The summed E-state index contributed by atoms with van der Waals surface area (Å²) >= 11 is 1.35. The second kappa shape index (κ2) is 8.39. The van der Waals surface area contributed by atoms with E-state index < -0.39 is 0 Å². The fourth-order valence-electron chi connectivity index (χ4n) is 2.18. The molecule has 0 saturated heterocycles. The summed E-state index contributed by atoms with van der Waals surface area (Å²) in [7, 11) is 0. The zero-order valence-corrected chi connectivity index (χ0v) is 15.1. The van der Waals surface area contributed by atoms with Crippen LogP contribution in [-0.4, -0.2) is 35.8 Å². The number of benzene rings is 1. The van der Waals surface area contributed by atoms with Crippen LogP contribution in [0, 0.1) is 13.8 Å². The van der Waals surface area contributed by atoms with E-state index in [1.165, 1.54) is 18.3 Å². The van der Waals surface area contributed by atoms with Crippen LogP contribution in [0.1, 0.15) is 37.7 Å². The Bertz CT molecular complexity index is 784. The minimum atomic E-state index is -0.242. The SMILES string of the molecule is CC(=O)Nc1ccc(C(=O)NCCNC(=O)c2sc(C)nc2C)cc1. The number of nitrogens with one attached hydrogen (secondary N) is 3. The number of carbonyl (C=O) groups excluding carboxylic acids is 3. The topological polar surface area (TPSA) is 100 Å². The first-order valence-corrected chi connectivity index (χ1v) is 8.56. The lowest BCUT2D eigenvalue weighted by Gasteiger charge is -2.07.